The fraction of sp³-hybridized carbons (Fsp3) is 0.263. The molecule has 2 aromatic heterocycles. The zero-order valence-corrected chi connectivity index (χ0v) is 15.2. The summed E-state index contributed by atoms with van der Waals surface area (Å²) in [5, 5.41) is 7.02. The molecule has 3 aromatic rings. The van der Waals surface area contributed by atoms with Crippen LogP contribution in [0.15, 0.2) is 46.9 Å². The van der Waals surface area contributed by atoms with Gasteiger partial charge in [-0.05, 0) is 44.5 Å². The van der Waals surface area contributed by atoms with Crippen LogP contribution in [0.25, 0.3) is 10.8 Å². The molecule has 25 heavy (non-hydrogen) atoms. The van der Waals surface area contributed by atoms with E-state index in [0.29, 0.717) is 17.2 Å². The van der Waals surface area contributed by atoms with Gasteiger partial charge in [0.05, 0.1) is 5.69 Å². The summed E-state index contributed by atoms with van der Waals surface area (Å²) in [6, 6.07) is 13.8. The van der Waals surface area contributed by atoms with Gasteiger partial charge in [0.1, 0.15) is 10.6 Å². The summed E-state index contributed by atoms with van der Waals surface area (Å²) >= 11 is 1.36. The van der Waals surface area contributed by atoms with E-state index in [1.165, 1.54) is 11.3 Å². The number of hydrogen-bond donors (Lipinski definition) is 2. The number of para-hydroxylation sites is 1. The molecule has 0 saturated carbocycles. The van der Waals surface area contributed by atoms with Crippen molar-refractivity contribution in [2.24, 2.45) is 0 Å². The number of thiazole rings is 1. The summed E-state index contributed by atoms with van der Waals surface area (Å²) in [5.74, 6) is 1.46. The molecule has 0 unspecified atom stereocenters. The molecule has 0 radical (unpaired) electrons. The number of aromatic nitrogens is 1. The molecule has 0 fully saturated rings. The zero-order chi connectivity index (χ0) is 17.6. The van der Waals surface area contributed by atoms with Crippen molar-refractivity contribution in [1.82, 2.24) is 10.3 Å². The molecule has 5 nitrogen and oxygen atoms in total. The van der Waals surface area contributed by atoms with E-state index < -0.39 is 0 Å². The van der Waals surface area contributed by atoms with Crippen LogP contribution in [0, 0.1) is 13.8 Å². The highest BCUT2D eigenvalue weighted by Crippen LogP contribution is 2.29. The van der Waals surface area contributed by atoms with Crippen LogP contribution in [-0.2, 0) is 0 Å². The van der Waals surface area contributed by atoms with Crippen LogP contribution >= 0.6 is 11.3 Å². The minimum atomic E-state index is -0.0794. The van der Waals surface area contributed by atoms with Crippen LogP contribution in [0.4, 0.5) is 5.69 Å². The van der Waals surface area contributed by atoms with Crippen molar-refractivity contribution in [1.29, 1.82) is 0 Å². The summed E-state index contributed by atoms with van der Waals surface area (Å²) < 4.78 is 5.58. The Morgan fingerprint density at radius 3 is 2.64 bits per heavy atom. The van der Waals surface area contributed by atoms with Crippen LogP contribution in [-0.4, -0.2) is 24.0 Å². The van der Waals surface area contributed by atoms with E-state index >= 15 is 0 Å². The highest BCUT2D eigenvalue weighted by Gasteiger charge is 2.17. The third kappa shape index (κ3) is 4.48. The van der Waals surface area contributed by atoms with Crippen molar-refractivity contribution in [2.75, 3.05) is 18.4 Å². The van der Waals surface area contributed by atoms with Crippen molar-refractivity contribution >= 4 is 22.9 Å². The third-order valence-corrected chi connectivity index (χ3v) is 4.87. The SMILES string of the molecule is Cc1ccc(-c2nc(C)c(C(=O)NCCCNc3ccccc3)s2)o1. The average molecular weight is 355 g/mol. The van der Waals surface area contributed by atoms with Crippen molar-refractivity contribution in [2.45, 2.75) is 20.3 Å². The number of carbonyl (C=O) groups excluding carboxylic acids is 1. The van der Waals surface area contributed by atoms with Gasteiger partial charge in [-0.2, -0.15) is 0 Å². The minimum absolute atomic E-state index is 0.0794. The Labute approximate surface area is 151 Å². The zero-order valence-electron chi connectivity index (χ0n) is 14.3. The number of nitrogens with one attached hydrogen (secondary N) is 2. The van der Waals surface area contributed by atoms with Gasteiger partial charge in [0, 0.05) is 18.8 Å². The summed E-state index contributed by atoms with van der Waals surface area (Å²) in [7, 11) is 0. The lowest BCUT2D eigenvalue weighted by Crippen LogP contribution is -2.25. The molecule has 2 heterocycles. The number of anilines is 1. The highest BCUT2D eigenvalue weighted by atomic mass is 32.1. The molecule has 0 aliphatic heterocycles. The monoisotopic (exact) mass is 355 g/mol. The maximum absolute atomic E-state index is 12.4. The lowest BCUT2D eigenvalue weighted by Gasteiger charge is -2.07. The number of nitrogens with zero attached hydrogens (tertiary/aromatic N) is 1. The lowest BCUT2D eigenvalue weighted by molar-refractivity contribution is 0.0957. The van der Waals surface area contributed by atoms with Crippen LogP contribution in [0.3, 0.4) is 0 Å². The van der Waals surface area contributed by atoms with Gasteiger partial charge in [-0.1, -0.05) is 18.2 Å². The van der Waals surface area contributed by atoms with Crippen molar-refractivity contribution in [3.05, 3.63) is 58.8 Å². The Morgan fingerprint density at radius 1 is 1.12 bits per heavy atom. The first-order valence-electron chi connectivity index (χ1n) is 8.25. The lowest BCUT2D eigenvalue weighted by atomic mass is 10.3. The number of hydrogen-bond acceptors (Lipinski definition) is 5. The topological polar surface area (TPSA) is 67.2 Å². The standard InChI is InChI=1S/C19H21N3O2S/c1-13-9-10-16(24-13)19-22-14(2)17(25-19)18(23)21-12-6-11-20-15-7-4-3-5-8-15/h3-5,7-10,20H,6,11-12H2,1-2H3,(H,21,23). The molecular weight excluding hydrogens is 334 g/mol. The predicted molar refractivity (Wildman–Crippen MR) is 101 cm³/mol. The second kappa shape index (κ2) is 7.98. The van der Waals surface area contributed by atoms with Gasteiger partial charge >= 0.3 is 0 Å². The molecule has 0 aliphatic carbocycles. The molecule has 0 aliphatic rings. The maximum Gasteiger partial charge on any atom is 0.263 e. The Bertz CT molecular complexity index is 839. The molecule has 0 saturated heterocycles. The van der Waals surface area contributed by atoms with E-state index in [1.807, 2.05) is 56.3 Å². The van der Waals surface area contributed by atoms with Crippen molar-refractivity contribution in [3.8, 4) is 10.8 Å². The van der Waals surface area contributed by atoms with E-state index in [0.717, 1.165) is 35.1 Å². The minimum Gasteiger partial charge on any atom is -0.459 e. The van der Waals surface area contributed by atoms with E-state index in [4.69, 9.17) is 4.42 Å². The molecule has 6 heteroatoms. The third-order valence-electron chi connectivity index (χ3n) is 3.70. The number of carbonyl (C=O) groups is 1. The summed E-state index contributed by atoms with van der Waals surface area (Å²) in [4.78, 5) is 17.4. The largest absolute Gasteiger partial charge is 0.459 e. The fourth-order valence-electron chi connectivity index (χ4n) is 2.42. The molecule has 2 N–H and O–H groups in total. The number of aryl methyl sites for hydroxylation is 2. The normalized spacial score (nSPS) is 10.6. The average Bonchev–Trinajstić information content (AvgIpc) is 3.21. The number of rotatable bonds is 7. The quantitative estimate of drug-likeness (QED) is 0.622. The Morgan fingerprint density at radius 2 is 1.92 bits per heavy atom. The molecular formula is C19H21N3O2S. The van der Waals surface area contributed by atoms with Gasteiger partial charge in [0.15, 0.2) is 10.8 Å². The van der Waals surface area contributed by atoms with Gasteiger partial charge < -0.3 is 15.1 Å². The second-order valence-corrected chi connectivity index (χ2v) is 6.75. The van der Waals surface area contributed by atoms with Gasteiger partial charge in [-0.15, -0.1) is 11.3 Å². The molecule has 3 rings (SSSR count). The van der Waals surface area contributed by atoms with Crippen molar-refractivity contribution in [3.63, 3.8) is 0 Å². The molecule has 130 valence electrons. The van der Waals surface area contributed by atoms with Crippen molar-refractivity contribution < 1.29 is 9.21 Å². The van der Waals surface area contributed by atoms with Gasteiger partial charge in [-0.3, -0.25) is 4.79 Å². The Kier molecular flexibility index (Phi) is 5.50. The Balaban J connectivity index is 1.49. The fourth-order valence-corrected chi connectivity index (χ4v) is 3.37. The molecule has 0 spiro atoms. The van der Waals surface area contributed by atoms with Gasteiger partial charge in [0.25, 0.3) is 5.91 Å². The van der Waals surface area contributed by atoms with E-state index in [-0.39, 0.29) is 5.91 Å². The predicted octanol–water partition coefficient (Wildman–Crippen LogP) is 4.25. The summed E-state index contributed by atoms with van der Waals surface area (Å²) in [6.45, 7) is 5.16. The van der Waals surface area contributed by atoms with Crippen LogP contribution < -0.4 is 10.6 Å². The van der Waals surface area contributed by atoms with E-state index in [1.54, 1.807) is 0 Å². The first kappa shape index (κ1) is 17.2. The highest BCUT2D eigenvalue weighted by molar-refractivity contribution is 7.17. The van der Waals surface area contributed by atoms with E-state index in [2.05, 4.69) is 15.6 Å². The smallest absolute Gasteiger partial charge is 0.263 e. The number of benzene rings is 1. The van der Waals surface area contributed by atoms with E-state index in [9.17, 15) is 4.79 Å². The first-order valence-corrected chi connectivity index (χ1v) is 9.06. The summed E-state index contributed by atoms with van der Waals surface area (Å²) in [6.07, 6.45) is 0.850. The van der Waals surface area contributed by atoms with Gasteiger partial charge in [-0.25, -0.2) is 4.98 Å². The maximum atomic E-state index is 12.4. The summed E-state index contributed by atoms with van der Waals surface area (Å²) in [5.41, 5.74) is 1.82. The Hall–Kier alpha value is -2.60. The first-order chi connectivity index (χ1) is 12.1. The van der Waals surface area contributed by atoms with Crippen LogP contribution in [0.2, 0.25) is 0 Å². The molecule has 0 bridgehead atoms. The molecule has 1 aromatic carbocycles. The van der Waals surface area contributed by atoms with Crippen LogP contribution in [0.5, 0.6) is 0 Å². The molecule has 1 amide bonds. The second-order valence-electron chi connectivity index (χ2n) is 5.75. The van der Waals surface area contributed by atoms with Crippen LogP contribution in [0.1, 0.15) is 27.5 Å². The van der Waals surface area contributed by atoms with Gasteiger partial charge in [0.2, 0.25) is 0 Å². The number of furan rings is 1. The molecule has 0 atom stereocenters. The number of amides is 1.